The Morgan fingerprint density at radius 1 is 1.27 bits per heavy atom. The van der Waals surface area contributed by atoms with Crippen LogP contribution < -0.4 is 0 Å². The first-order valence-corrected chi connectivity index (χ1v) is 10.6. The van der Waals surface area contributed by atoms with Crippen LogP contribution in [0.5, 0.6) is 0 Å². The van der Waals surface area contributed by atoms with E-state index in [0.717, 1.165) is 12.0 Å². The van der Waals surface area contributed by atoms with Crippen molar-refractivity contribution in [1.82, 2.24) is 10.1 Å². The monoisotopic (exact) mass is 414 g/mol. The molecule has 0 unspecified atom stereocenters. The summed E-state index contributed by atoms with van der Waals surface area (Å²) >= 11 is 0. The predicted molar refractivity (Wildman–Crippen MR) is 108 cm³/mol. The van der Waals surface area contributed by atoms with Crippen LogP contribution in [-0.4, -0.2) is 41.6 Å². The van der Waals surface area contributed by atoms with E-state index in [9.17, 15) is 14.0 Å². The van der Waals surface area contributed by atoms with Gasteiger partial charge in [-0.25, -0.2) is 4.39 Å². The molecular formula is C23H27FN2O4. The van der Waals surface area contributed by atoms with E-state index >= 15 is 0 Å². The third kappa shape index (κ3) is 4.11. The molecule has 1 aromatic carbocycles. The van der Waals surface area contributed by atoms with E-state index in [4.69, 9.17) is 9.26 Å². The molecule has 30 heavy (non-hydrogen) atoms. The summed E-state index contributed by atoms with van der Waals surface area (Å²) in [5.41, 5.74) is 0.608. The van der Waals surface area contributed by atoms with E-state index < -0.39 is 5.41 Å². The molecule has 1 amide bonds. The van der Waals surface area contributed by atoms with Crippen LogP contribution in [-0.2, 0) is 20.7 Å². The molecule has 0 radical (unpaired) electrons. The number of nitrogens with zero attached hydrogens (tertiary/aromatic N) is 2. The van der Waals surface area contributed by atoms with E-state index in [-0.39, 0.29) is 23.6 Å². The van der Waals surface area contributed by atoms with Crippen LogP contribution in [0.3, 0.4) is 0 Å². The molecule has 0 bridgehead atoms. The zero-order valence-corrected chi connectivity index (χ0v) is 17.4. The highest BCUT2D eigenvalue weighted by atomic mass is 19.1. The fourth-order valence-corrected chi connectivity index (χ4v) is 4.28. The lowest BCUT2D eigenvalue weighted by Crippen LogP contribution is -2.48. The zero-order chi connectivity index (χ0) is 21.3. The number of carbonyl (C=O) groups is 2. The SMILES string of the molecule is CCOC(=O)C1(Cc2cc(-c3ccc(F)cc3)no2)CCN(C(=O)[C@@H]2C[C@@H]2C)CC1. The summed E-state index contributed by atoms with van der Waals surface area (Å²) in [6.07, 6.45) is 2.39. The van der Waals surface area contributed by atoms with E-state index in [1.807, 2.05) is 4.90 Å². The smallest absolute Gasteiger partial charge is 0.312 e. The van der Waals surface area contributed by atoms with Gasteiger partial charge in [-0.15, -0.1) is 0 Å². The fourth-order valence-electron chi connectivity index (χ4n) is 4.28. The molecule has 1 aliphatic carbocycles. The van der Waals surface area contributed by atoms with Gasteiger partial charge in [0.1, 0.15) is 17.3 Å². The Morgan fingerprint density at radius 3 is 2.53 bits per heavy atom. The topological polar surface area (TPSA) is 72.6 Å². The zero-order valence-electron chi connectivity index (χ0n) is 17.4. The Bertz CT molecular complexity index is 916. The molecule has 160 valence electrons. The summed E-state index contributed by atoms with van der Waals surface area (Å²) in [6, 6.07) is 7.81. The molecule has 4 rings (SSSR count). The number of hydrogen-bond acceptors (Lipinski definition) is 5. The summed E-state index contributed by atoms with van der Waals surface area (Å²) in [6.45, 7) is 5.28. The number of halogens is 1. The first-order valence-electron chi connectivity index (χ1n) is 10.6. The largest absolute Gasteiger partial charge is 0.466 e. The Labute approximate surface area is 175 Å². The van der Waals surface area contributed by atoms with Crippen molar-refractivity contribution in [2.75, 3.05) is 19.7 Å². The van der Waals surface area contributed by atoms with E-state index in [0.29, 0.717) is 56.3 Å². The van der Waals surface area contributed by atoms with Gasteiger partial charge in [0.25, 0.3) is 0 Å². The molecule has 1 saturated heterocycles. The Kier molecular flexibility index (Phi) is 5.62. The van der Waals surface area contributed by atoms with Crippen LogP contribution in [0.15, 0.2) is 34.9 Å². The summed E-state index contributed by atoms with van der Waals surface area (Å²) < 4.78 is 24.1. The van der Waals surface area contributed by atoms with Gasteiger partial charge in [0, 0.05) is 37.1 Å². The van der Waals surface area contributed by atoms with Gasteiger partial charge in [-0.3, -0.25) is 9.59 Å². The van der Waals surface area contributed by atoms with Crippen molar-refractivity contribution in [2.45, 2.75) is 39.5 Å². The second-order valence-electron chi connectivity index (χ2n) is 8.51. The number of esters is 1. The molecule has 1 aromatic heterocycles. The summed E-state index contributed by atoms with van der Waals surface area (Å²) in [7, 11) is 0. The Hall–Kier alpha value is -2.70. The lowest BCUT2D eigenvalue weighted by Gasteiger charge is -2.39. The van der Waals surface area contributed by atoms with Crippen LogP contribution in [0.2, 0.25) is 0 Å². The van der Waals surface area contributed by atoms with Gasteiger partial charge in [-0.2, -0.15) is 0 Å². The third-order valence-corrected chi connectivity index (χ3v) is 6.38. The van der Waals surface area contributed by atoms with Crippen molar-refractivity contribution in [3.05, 3.63) is 41.9 Å². The highest BCUT2D eigenvalue weighted by Gasteiger charge is 2.47. The van der Waals surface area contributed by atoms with Crippen molar-refractivity contribution in [3.8, 4) is 11.3 Å². The molecule has 0 spiro atoms. The van der Waals surface area contributed by atoms with Crippen LogP contribution in [0.25, 0.3) is 11.3 Å². The number of hydrogen-bond donors (Lipinski definition) is 0. The molecular weight excluding hydrogens is 387 g/mol. The van der Waals surface area contributed by atoms with E-state index in [1.54, 1.807) is 25.1 Å². The lowest BCUT2D eigenvalue weighted by molar-refractivity contribution is -0.160. The summed E-state index contributed by atoms with van der Waals surface area (Å²) in [4.78, 5) is 27.3. The molecule has 0 N–H and O–H groups in total. The minimum atomic E-state index is -0.735. The number of amides is 1. The van der Waals surface area contributed by atoms with Gasteiger partial charge in [-0.05, 0) is 56.4 Å². The number of ether oxygens (including phenoxy) is 1. The average molecular weight is 414 g/mol. The first kappa shape index (κ1) is 20.6. The summed E-state index contributed by atoms with van der Waals surface area (Å²) in [5, 5.41) is 4.09. The lowest BCUT2D eigenvalue weighted by atomic mass is 9.74. The highest BCUT2D eigenvalue weighted by molar-refractivity contribution is 5.82. The van der Waals surface area contributed by atoms with Crippen molar-refractivity contribution >= 4 is 11.9 Å². The Balaban J connectivity index is 1.49. The first-order chi connectivity index (χ1) is 14.4. The molecule has 2 atom stereocenters. The fraction of sp³-hybridized carbons (Fsp3) is 0.522. The molecule has 2 fully saturated rings. The molecule has 2 aliphatic rings. The number of likely N-dealkylation sites (tertiary alicyclic amines) is 1. The minimum absolute atomic E-state index is 0.146. The maximum absolute atomic E-state index is 13.2. The standard InChI is InChI=1S/C23H27FN2O4/c1-3-29-22(28)23(8-10-26(11-9-23)21(27)19-12-15(19)2)14-18-13-20(25-30-18)16-4-6-17(24)7-5-16/h4-7,13,15,19H,3,8-12,14H2,1-2H3/t15-,19+/m0/s1. The van der Waals surface area contributed by atoms with Crippen molar-refractivity contribution in [2.24, 2.45) is 17.3 Å². The number of aromatic nitrogens is 1. The third-order valence-electron chi connectivity index (χ3n) is 6.38. The number of carbonyl (C=O) groups excluding carboxylic acids is 2. The minimum Gasteiger partial charge on any atom is -0.466 e. The Morgan fingerprint density at radius 2 is 1.93 bits per heavy atom. The van der Waals surface area contributed by atoms with Gasteiger partial charge in [0.15, 0.2) is 0 Å². The molecule has 7 heteroatoms. The second kappa shape index (κ2) is 8.20. The summed E-state index contributed by atoms with van der Waals surface area (Å²) in [5.74, 6) is 0.833. The maximum atomic E-state index is 13.2. The van der Waals surface area contributed by atoms with Gasteiger partial charge >= 0.3 is 5.97 Å². The van der Waals surface area contributed by atoms with Crippen molar-refractivity contribution in [1.29, 1.82) is 0 Å². The number of benzene rings is 1. The number of piperidine rings is 1. The van der Waals surface area contributed by atoms with Crippen LogP contribution >= 0.6 is 0 Å². The average Bonchev–Trinajstić information content (AvgIpc) is 3.30. The quantitative estimate of drug-likeness (QED) is 0.672. The van der Waals surface area contributed by atoms with Gasteiger partial charge < -0.3 is 14.2 Å². The normalized spacial score (nSPS) is 22.6. The molecule has 1 saturated carbocycles. The molecule has 1 aliphatic heterocycles. The highest BCUT2D eigenvalue weighted by Crippen LogP contribution is 2.42. The van der Waals surface area contributed by atoms with E-state index in [1.165, 1.54) is 12.1 Å². The second-order valence-corrected chi connectivity index (χ2v) is 8.51. The molecule has 2 heterocycles. The van der Waals surface area contributed by atoms with Crippen LogP contribution in [0.4, 0.5) is 4.39 Å². The van der Waals surface area contributed by atoms with Crippen LogP contribution in [0.1, 0.15) is 38.9 Å². The van der Waals surface area contributed by atoms with Gasteiger partial charge in [0.05, 0.1) is 12.0 Å². The number of rotatable bonds is 6. The maximum Gasteiger partial charge on any atom is 0.312 e. The van der Waals surface area contributed by atoms with E-state index in [2.05, 4.69) is 12.1 Å². The van der Waals surface area contributed by atoms with Crippen LogP contribution in [0, 0.1) is 23.1 Å². The molecule has 6 nitrogen and oxygen atoms in total. The van der Waals surface area contributed by atoms with Crippen molar-refractivity contribution < 1.29 is 23.2 Å². The van der Waals surface area contributed by atoms with Crippen molar-refractivity contribution in [3.63, 3.8) is 0 Å². The predicted octanol–water partition coefficient (Wildman–Crippen LogP) is 3.85. The van der Waals surface area contributed by atoms with Gasteiger partial charge in [0.2, 0.25) is 5.91 Å². The molecule has 2 aromatic rings. The van der Waals surface area contributed by atoms with Gasteiger partial charge in [-0.1, -0.05) is 12.1 Å².